The zero-order valence-corrected chi connectivity index (χ0v) is 32.8. The Morgan fingerprint density at radius 1 is 0.942 bits per heavy atom. The maximum Gasteiger partial charge on any atom is 0.264 e. The number of halogens is 1. The summed E-state index contributed by atoms with van der Waals surface area (Å²) in [6.45, 7) is 12.8. The van der Waals surface area contributed by atoms with Gasteiger partial charge in [0.05, 0.1) is 36.8 Å². The van der Waals surface area contributed by atoms with Crippen molar-refractivity contribution in [3.8, 4) is 5.75 Å². The molecule has 6 aliphatic rings. The van der Waals surface area contributed by atoms with Gasteiger partial charge in [0.25, 0.3) is 5.91 Å². The van der Waals surface area contributed by atoms with Crippen molar-refractivity contribution >= 4 is 33.2 Å². The number of carbonyl (C=O) groups excluding carboxylic acids is 1. The molecule has 0 unspecified atom stereocenters. The Hall–Kier alpha value is -2.37. The van der Waals surface area contributed by atoms with Crippen molar-refractivity contribution in [2.75, 3.05) is 44.4 Å². The number of hydrogen-bond donors (Lipinski definition) is 1. The molecule has 4 heterocycles. The van der Waals surface area contributed by atoms with Crippen LogP contribution in [0.25, 0.3) is 0 Å². The van der Waals surface area contributed by atoms with Gasteiger partial charge in [0.15, 0.2) is 6.29 Å². The summed E-state index contributed by atoms with van der Waals surface area (Å²) in [5.41, 5.74) is 3.69. The first-order valence-electron chi connectivity index (χ1n) is 19.7. The number of aryl methyl sites for hydroxylation is 1. The van der Waals surface area contributed by atoms with Crippen LogP contribution < -0.4 is 14.4 Å². The number of sulfonamides is 1. The van der Waals surface area contributed by atoms with E-state index in [1.165, 1.54) is 17.5 Å². The quantitative estimate of drug-likeness (QED) is 0.352. The number of ether oxygens (including phenoxy) is 3. The lowest BCUT2D eigenvalue weighted by Crippen LogP contribution is -2.64. The molecule has 2 aromatic rings. The Labute approximate surface area is 315 Å². The SMILES string of the molecule is C[C@@H]1[C@@H](C)CCC[C@@H]([C@H]2OC[C@@H](N3CCC3(C)C)CO2)[C@@H]2CC[C@H]2CN2C[C@@]3(CCCc4cc(Cl)ccc43)COc3ccc(cc32)C(=O)NS1(=O)=O. The van der Waals surface area contributed by atoms with Crippen LogP contribution in [0, 0.1) is 23.7 Å². The molecule has 1 amide bonds. The molecule has 9 nitrogen and oxygen atoms in total. The molecule has 1 spiro atoms. The normalized spacial score (nSPS) is 36.2. The highest BCUT2D eigenvalue weighted by Gasteiger charge is 2.48. The second kappa shape index (κ2) is 14.0. The minimum atomic E-state index is -3.91. The second-order valence-electron chi connectivity index (χ2n) is 17.5. The Morgan fingerprint density at radius 3 is 2.46 bits per heavy atom. The van der Waals surface area contributed by atoms with Crippen LogP contribution in [0.2, 0.25) is 5.02 Å². The highest BCUT2D eigenvalue weighted by atomic mass is 35.5. The van der Waals surface area contributed by atoms with Gasteiger partial charge in [-0.3, -0.25) is 9.69 Å². The number of rotatable bonds is 2. The molecule has 8 rings (SSSR count). The highest BCUT2D eigenvalue weighted by molar-refractivity contribution is 7.90. The molecule has 1 saturated carbocycles. The summed E-state index contributed by atoms with van der Waals surface area (Å²) in [4.78, 5) is 18.6. The number of nitrogens with one attached hydrogen (secondary N) is 1. The van der Waals surface area contributed by atoms with Gasteiger partial charge in [-0.2, -0.15) is 0 Å². The fourth-order valence-electron chi connectivity index (χ4n) is 10.3. The van der Waals surface area contributed by atoms with E-state index in [1.807, 2.05) is 25.1 Å². The molecular formula is C41H56ClN3O6S. The lowest BCUT2D eigenvalue weighted by Gasteiger charge is -2.54. The average Bonchev–Trinajstić information content (AvgIpc) is 3.25. The van der Waals surface area contributed by atoms with E-state index in [4.69, 9.17) is 25.8 Å². The van der Waals surface area contributed by atoms with E-state index < -0.39 is 21.2 Å². The number of hydrogen-bond acceptors (Lipinski definition) is 8. The molecule has 4 aliphatic heterocycles. The van der Waals surface area contributed by atoms with E-state index >= 15 is 0 Å². The van der Waals surface area contributed by atoms with E-state index in [0.29, 0.717) is 37.2 Å². The molecule has 2 aromatic carbocycles. The molecule has 1 N–H and O–H groups in total. The van der Waals surface area contributed by atoms with Gasteiger partial charge < -0.3 is 19.1 Å². The molecule has 284 valence electrons. The van der Waals surface area contributed by atoms with E-state index in [9.17, 15) is 13.2 Å². The molecule has 0 radical (unpaired) electrons. The van der Waals surface area contributed by atoms with Crippen molar-refractivity contribution in [2.45, 2.75) is 114 Å². The first-order chi connectivity index (χ1) is 24.8. The Bertz CT molecular complexity index is 1780. The lowest BCUT2D eigenvalue weighted by molar-refractivity contribution is -0.255. The van der Waals surface area contributed by atoms with Gasteiger partial charge >= 0.3 is 0 Å². The predicted octanol–water partition coefficient (Wildman–Crippen LogP) is 6.95. The van der Waals surface area contributed by atoms with Crippen LogP contribution in [0.4, 0.5) is 5.69 Å². The minimum Gasteiger partial charge on any atom is -0.490 e. The first-order valence-corrected chi connectivity index (χ1v) is 21.6. The zero-order chi connectivity index (χ0) is 36.4. The van der Waals surface area contributed by atoms with E-state index in [-0.39, 0.29) is 35.1 Å². The van der Waals surface area contributed by atoms with Gasteiger partial charge in [0.2, 0.25) is 10.0 Å². The predicted molar refractivity (Wildman–Crippen MR) is 204 cm³/mol. The molecule has 3 fully saturated rings. The Morgan fingerprint density at radius 2 is 1.75 bits per heavy atom. The standard InChI is InChI=1S/C41H56ClN3O6S/c1-26-7-5-9-34(39-49-22-32(23-50-39)45-18-17-40(45,3)4)33-13-10-30(33)21-44-24-41(16-6-8-28-19-31(42)12-14-35(28)41)25-51-37-15-11-29(20-36(37)44)38(46)43-52(47,48)27(26)2/h11-12,14-15,19-20,26-27,30,32-34,39H,5-10,13,16-18,21-25H2,1-4H3,(H,43,46)/t26-,27+,30-,32-,33+,34+,39+,41-/m0/s1. The van der Waals surface area contributed by atoms with Crippen molar-refractivity contribution in [1.29, 1.82) is 0 Å². The summed E-state index contributed by atoms with van der Waals surface area (Å²) in [6, 6.07) is 12.0. The van der Waals surface area contributed by atoms with Gasteiger partial charge in [0, 0.05) is 47.1 Å². The molecule has 6 atom stereocenters. The third-order valence-corrected chi connectivity index (χ3v) is 16.1. The van der Waals surface area contributed by atoms with Crippen molar-refractivity contribution < 1.29 is 27.4 Å². The number of nitrogens with zero attached hydrogens (tertiary/aromatic N) is 2. The molecule has 11 heteroatoms. The van der Waals surface area contributed by atoms with Crippen molar-refractivity contribution in [2.24, 2.45) is 23.7 Å². The van der Waals surface area contributed by atoms with Crippen molar-refractivity contribution in [3.05, 3.63) is 58.1 Å². The lowest BCUT2D eigenvalue weighted by atomic mass is 9.64. The van der Waals surface area contributed by atoms with Crippen molar-refractivity contribution in [1.82, 2.24) is 9.62 Å². The number of benzene rings is 2. The highest BCUT2D eigenvalue weighted by Crippen LogP contribution is 2.49. The monoisotopic (exact) mass is 753 g/mol. The minimum absolute atomic E-state index is 0.123. The third kappa shape index (κ3) is 6.78. The van der Waals surface area contributed by atoms with Gasteiger partial charge in [-0.25, -0.2) is 13.1 Å². The molecule has 2 aliphatic carbocycles. The molecule has 52 heavy (non-hydrogen) atoms. The number of anilines is 1. The van der Waals surface area contributed by atoms with E-state index in [2.05, 4.69) is 40.5 Å². The molecule has 0 aromatic heterocycles. The van der Waals surface area contributed by atoms with Gasteiger partial charge in [-0.15, -0.1) is 0 Å². The fourth-order valence-corrected chi connectivity index (χ4v) is 11.8. The van der Waals surface area contributed by atoms with Gasteiger partial charge in [0.1, 0.15) is 5.75 Å². The number of fused-ring (bicyclic) bond motifs is 4. The summed E-state index contributed by atoms with van der Waals surface area (Å²) in [6.07, 6.45) is 8.73. The van der Waals surface area contributed by atoms with Crippen LogP contribution in [0.3, 0.4) is 0 Å². The third-order valence-electron chi connectivity index (χ3n) is 13.9. The summed E-state index contributed by atoms with van der Waals surface area (Å²) >= 11 is 6.49. The Kier molecular flexibility index (Phi) is 9.88. The summed E-state index contributed by atoms with van der Waals surface area (Å²) < 4.78 is 49.5. The first kappa shape index (κ1) is 36.6. The number of likely N-dealkylation sites (tertiary alicyclic amines) is 1. The number of amides is 1. The summed E-state index contributed by atoms with van der Waals surface area (Å²) in [7, 11) is -3.91. The van der Waals surface area contributed by atoms with E-state index in [1.54, 1.807) is 13.0 Å². The van der Waals surface area contributed by atoms with Crippen LogP contribution in [-0.2, 0) is 31.3 Å². The van der Waals surface area contributed by atoms with Crippen LogP contribution in [-0.4, -0.2) is 81.8 Å². The maximum absolute atomic E-state index is 13.6. The summed E-state index contributed by atoms with van der Waals surface area (Å²) in [5.74, 6) is 1.06. The van der Waals surface area contributed by atoms with Crippen LogP contribution in [0.15, 0.2) is 36.4 Å². The van der Waals surface area contributed by atoms with Gasteiger partial charge in [-0.05, 0) is 131 Å². The Balaban J connectivity index is 1.13. The second-order valence-corrected chi connectivity index (χ2v) is 20.0. The fraction of sp³-hybridized carbons (Fsp3) is 0.683. The zero-order valence-electron chi connectivity index (χ0n) is 31.2. The molecule has 2 saturated heterocycles. The number of carbonyl (C=O) groups is 1. The smallest absolute Gasteiger partial charge is 0.264 e. The molecular weight excluding hydrogens is 698 g/mol. The van der Waals surface area contributed by atoms with E-state index in [0.717, 1.165) is 87.5 Å². The largest absolute Gasteiger partial charge is 0.490 e. The summed E-state index contributed by atoms with van der Waals surface area (Å²) in [5, 5.41) is 0.0332. The van der Waals surface area contributed by atoms with Gasteiger partial charge in [-0.1, -0.05) is 31.0 Å². The molecule has 2 bridgehead atoms. The van der Waals surface area contributed by atoms with Crippen LogP contribution in [0.5, 0.6) is 5.75 Å². The average molecular weight is 754 g/mol. The van der Waals surface area contributed by atoms with Crippen LogP contribution in [0.1, 0.15) is 101 Å². The maximum atomic E-state index is 13.6. The van der Waals surface area contributed by atoms with Crippen LogP contribution >= 0.6 is 11.6 Å². The topological polar surface area (TPSA) is 97.4 Å². The van der Waals surface area contributed by atoms with Crippen molar-refractivity contribution in [3.63, 3.8) is 0 Å².